The Morgan fingerprint density at radius 1 is 1.03 bits per heavy atom. The van der Waals surface area contributed by atoms with Gasteiger partial charge in [-0.1, -0.05) is 32.0 Å². The van der Waals surface area contributed by atoms with Gasteiger partial charge in [-0.05, 0) is 55.2 Å². The number of carbonyl (C=O) groups is 2. The molecule has 30 heavy (non-hydrogen) atoms. The van der Waals surface area contributed by atoms with E-state index < -0.39 is 0 Å². The molecule has 0 radical (unpaired) electrons. The van der Waals surface area contributed by atoms with Gasteiger partial charge < -0.3 is 14.8 Å². The van der Waals surface area contributed by atoms with Crippen LogP contribution in [0.2, 0.25) is 0 Å². The Morgan fingerprint density at radius 3 is 2.33 bits per heavy atom. The Hall–Kier alpha value is -3.28. The maximum Gasteiger partial charge on any atom is 0.278 e. The average Bonchev–Trinajstić information content (AvgIpc) is 2.96. The first-order valence-electron chi connectivity index (χ1n) is 10.1. The highest BCUT2D eigenvalue weighted by Crippen LogP contribution is 2.34. The summed E-state index contributed by atoms with van der Waals surface area (Å²) >= 11 is 0. The second kappa shape index (κ2) is 9.03. The SMILES string of the molecule is CCN1C(=O)C(Nc2cc(C)ccc2OC)=C(c2ccc(OCC(C)C)cc2)C1=O. The Bertz CT molecular complexity index is 977. The van der Waals surface area contributed by atoms with Crippen LogP contribution in [0.4, 0.5) is 5.69 Å². The van der Waals surface area contributed by atoms with Gasteiger partial charge in [0.2, 0.25) is 0 Å². The van der Waals surface area contributed by atoms with E-state index in [1.165, 1.54) is 4.90 Å². The molecule has 1 aliphatic heterocycles. The third-order valence-electron chi connectivity index (χ3n) is 4.83. The third-order valence-corrected chi connectivity index (χ3v) is 4.83. The van der Waals surface area contributed by atoms with Gasteiger partial charge in [-0.2, -0.15) is 0 Å². The molecule has 1 heterocycles. The fourth-order valence-electron chi connectivity index (χ4n) is 3.28. The van der Waals surface area contributed by atoms with Gasteiger partial charge in [0.25, 0.3) is 11.8 Å². The molecule has 1 aliphatic rings. The molecule has 0 atom stereocenters. The second-order valence-corrected chi connectivity index (χ2v) is 7.66. The van der Waals surface area contributed by atoms with Crippen molar-refractivity contribution in [1.29, 1.82) is 0 Å². The van der Waals surface area contributed by atoms with Gasteiger partial charge >= 0.3 is 0 Å². The fourth-order valence-corrected chi connectivity index (χ4v) is 3.28. The summed E-state index contributed by atoms with van der Waals surface area (Å²) < 4.78 is 11.1. The van der Waals surface area contributed by atoms with Gasteiger partial charge in [-0.15, -0.1) is 0 Å². The van der Waals surface area contributed by atoms with Crippen LogP contribution in [0.5, 0.6) is 11.5 Å². The normalized spacial score (nSPS) is 14.0. The Kier molecular flexibility index (Phi) is 6.45. The minimum atomic E-state index is -0.346. The number of nitrogens with zero attached hydrogens (tertiary/aromatic N) is 1. The van der Waals surface area contributed by atoms with Crippen LogP contribution in [0, 0.1) is 12.8 Å². The molecule has 2 aromatic rings. The van der Waals surface area contributed by atoms with E-state index in [4.69, 9.17) is 9.47 Å². The summed E-state index contributed by atoms with van der Waals surface area (Å²) in [6.07, 6.45) is 0. The van der Waals surface area contributed by atoms with Crippen LogP contribution in [-0.4, -0.2) is 37.0 Å². The Balaban J connectivity index is 2.01. The Labute approximate surface area is 177 Å². The second-order valence-electron chi connectivity index (χ2n) is 7.66. The summed E-state index contributed by atoms with van der Waals surface area (Å²) in [6.45, 7) is 8.82. The molecular formula is C24H28N2O4. The smallest absolute Gasteiger partial charge is 0.278 e. The standard InChI is InChI=1S/C24H28N2O4/c1-6-26-23(27)21(17-8-10-18(11-9-17)30-14-15(2)3)22(24(26)28)25-19-13-16(4)7-12-20(19)29-5/h7-13,15,25H,6,14H2,1-5H3. The molecule has 6 heteroatoms. The molecule has 158 valence electrons. The molecular weight excluding hydrogens is 380 g/mol. The lowest BCUT2D eigenvalue weighted by Gasteiger charge is -2.14. The molecule has 0 saturated carbocycles. The molecule has 0 spiro atoms. The summed E-state index contributed by atoms with van der Waals surface area (Å²) in [5.74, 6) is 1.08. The molecule has 0 fully saturated rings. The van der Waals surface area contributed by atoms with E-state index in [2.05, 4.69) is 19.2 Å². The molecule has 3 rings (SSSR count). The summed E-state index contributed by atoms with van der Waals surface area (Å²) in [7, 11) is 1.57. The predicted molar refractivity (Wildman–Crippen MR) is 117 cm³/mol. The molecule has 1 N–H and O–H groups in total. The van der Waals surface area contributed by atoms with Gasteiger partial charge in [0, 0.05) is 6.54 Å². The van der Waals surface area contributed by atoms with Crippen molar-refractivity contribution in [2.45, 2.75) is 27.7 Å². The summed E-state index contributed by atoms with van der Waals surface area (Å²) in [5.41, 5.74) is 2.91. The number of amides is 2. The monoisotopic (exact) mass is 408 g/mol. The van der Waals surface area contributed by atoms with E-state index in [0.717, 1.165) is 11.3 Å². The zero-order chi connectivity index (χ0) is 21.8. The quantitative estimate of drug-likeness (QED) is 0.662. The van der Waals surface area contributed by atoms with Crippen LogP contribution in [-0.2, 0) is 9.59 Å². The van der Waals surface area contributed by atoms with Crippen molar-refractivity contribution >= 4 is 23.1 Å². The van der Waals surface area contributed by atoms with Crippen LogP contribution < -0.4 is 14.8 Å². The van der Waals surface area contributed by atoms with E-state index in [0.29, 0.717) is 41.6 Å². The highest BCUT2D eigenvalue weighted by atomic mass is 16.5. The van der Waals surface area contributed by atoms with Crippen molar-refractivity contribution in [2.75, 3.05) is 25.6 Å². The van der Waals surface area contributed by atoms with Gasteiger partial charge in [-0.3, -0.25) is 14.5 Å². The summed E-state index contributed by atoms with van der Waals surface area (Å²) in [5, 5.41) is 3.16. The number of likely N-dealkylation sites (N-methyl/N-ethyl adjacent to an activating group) is 1. The third kappa shape index (κ3) is 4.32. The molecule has 6 nitrogen and oxygen atoms in total. The van der Waals surface area contributed by atoms with Crippen LogP contribution >= 0.6 is 0 Å². The predicted octanol–water partition coefficient (Wildman–Crippen LogP) is 4.25. The highest BCUT2D eigenvalue weighted by Gasteiger charge is 2.38. The number of methoxy groups -OCH3 is 1. The molecule has 0 unspecified atom stereocenters. The zero-order valence-corrected chi connectivity index (χ0v) is 18.1. The minimum absolute atomic E-state index is 0.251. The van der Waals surface area contributed by atoms with E-state index in [1.807, 2.05) is 49.4 Å². The van der Waals surface area contributed by atoms with Crippen molar-refractivity contribution < 1.29 is 19.1 Å². The van der Waals surface area contributed by atoms with E-state index in [-0.39, 0.29) is 17.5 Å². The first-order valence-corrected chi connectivity index (χ1v) is 10.1. The van der Waals surface area contributed by atoms with Crippen LogP contribution in [0.15, 0.2) is 48.2 Å². The van der Waals surface area contributed by atoms with E-state index >= 15 is 0 Å². The number of benzene rings is 2. The number of ether oxygens (including phenoxy) is 2. The number of hydrogen-bond donors (Lipinski definition) is 1. The lowest BCUT2D eigenvalue weighted by Crippen LogP contribution is -2.32. The van der Waals surface area contributed by atoms with Gasteiger partial charge in [0.1, 0.15) is 17.2 Å². The molecule has 0 saturated heterocycles. The molecule has 0 aliphatic carbocycles. The average molecular weight is 408 g/mol. The van der Waals surface area contributed by atoms with Crippen molar-refractivity contribution in [3.63, 3.8) is 0 Å². The lowest BCUT2D eigenvalue weighted by molar-refractivity contribution is -0.136. The largest absolute Gasteiger partial charge is 0.495 e. The first kappa shape index (κ1) is 21.4. The number of nitrogens with one attached hydrogen (secondary N) is 1. The van der Waals surface area contributed by atoms with Crippen molar-refractivity contribution in [1.82, 2.24) is 4.90 Å². The number of imide groups is 1. The zero-order valence-electron chi connectivity index (χ0n) is 18.1. The number of rotatable bonds is 8. The van der Waals surface area contributed by atoms with Gasteiger partial charge in [0.15, 0.2) is 0 Å². The number of anilines is 1. The maximum absolute atomic E-state index is 13.0. The fraction of sp³-hybridized carbons (Fsp3) is 0.333. The number of aryl methyl sites for hydroxylation is 1. The van der Waals surface area contributed by atoms with Gasteiger partial charge in [-0.25, -0.2) is 0 Å². The minimum Gasteiger partial charge on any atom is -0.495 e. The first-order chi connectivity index (χ1) is 14.3. The summed E-state index contributed by atoms with van der Waals surface area (Å²) in [4.78, 5) is 27.2. The highest BCUT2D eigenvalue weighted by molar-refractivity contribution is 6.36. The molecule has 2 amide bonds. The molecule has 0 bridgehead atoms. The lowest BCUT2D eigenvalue weighted by atomic mass is 10.0. The maximum atomic E-state index is 13.0. The van der Waals surface area contributed by atoms with Crippen molar-refractivity contribution in [3.8, 4) is 11.5 Å². The Morgan fingerprint density at radius 2 is 1.73 bits per heavy atom. The number of hydrogen-bond acceptors (Lipinski definition) is 5. The molecule has 0 aromatic heterocycles. The van der Waals surface area contributed by atoms with Crippen molar-refractivity contribution in [3.05, 3.63) is 59.3 Å². The van der Waals surface area contributed by atoms with E-state index in [9.17, 15) is 9.59 Å². The number of carbonyl (C=O) groups excluding carboxylic acids is 2. The van der Waals surface area contributed by atoms with E-state index in [1.54, 1.807) is 14.0 Å². The van der Waals surface area contributed by atoms with Crippen LogP contribution in [0.25, 0.3) is 5.57 Å². The van der Waals surface area contributed by atoms with Crippen LogP contribution in [0.3, 0.4) is 0 Å². The molecule has 2 aromatic carbocycles. The summed E-state index contributed by atoms with van der Waals surface area (Å²) in [6, 6.07) is 12.9. The van der Waals surface area contributed by atoms with Crippen LogP contribution in [0.1, 0.15) is 31.9 Å². The van der Waals surface area contributed by atoms with Gasteiger partial charge in [0.05, 0.1) is 25.0 Å². The topological polar surface area (TPSA) is 67.9 Å². The van der Waals surface area contributed by atoms with Crippen molar-refractivity contribution in [2.24, 2.45) is 5.92 Å².